The number of carbonyl (C=O) groups is 2. The zero-order valence-electron chi connectivity index (χ0n) is 33.0. The van der Waals surface area contributed by atoms with Crippen LogP contribution in [0.5, 0.6) is 0 Å². The fraction of sp³-hybridized carbons (Fsp3) is 0.946. The molecule has 0 aromatic rings. The summed E-state index contributed by atoms with van der Waals surface area (Å²) in [5.41, 5.74) is -5.03. The van der Waals surface area contributed by atoms with Gasteiger partial charge in [0.05, 0.1) is 49.1 Å². The highest BCUT2D eigenvalue weighted by molar-refractivity contribution is 5.83. The quantitative estimate of drug-likeness (QED) is 0.250. The number of likely N-dealkylation sites (N-methyl/N-ethyl adjacent to an activating group) is 1. The number of cyclic esters (lactones) is 1. The van der Waals surface area contributed by atoms with Gasteiger partial charge in [0.2, 0.25) is 0 Å². The van der Waals surface area contributed by atoms with Gasteiger partial charge in [-0.1, -0.05) is 27.7 Å². The van der Waals surface area contributed by atoms with Gasteiger partial charge in [0.25, 0.3) is 5.97 Å². The minimum Gasteiger partial charge on any atom is -0.459 e. The van der Waals surface area contributed by atoms with Crippen LogP contribution >= 0.6 is 0 Å². The van der Waals surface area contributed by atoms with Gasteiger partial charge < -0.3 is 63.6 Å². The molecular weight excluding hydrogens is 682 g/mol. The van der Waals surface area contributed by atoms with Crippen molar-refractivity contribution in [2.75, 3.05) is 27.8 Å². The summed E-state index contributed by atoms with van der Waals surface area (Å²) >= 11 is 0. The second-order valence-electron chi connectivity index (χ2n) is 16.8. The van der Waals surface area contributed by atoms with Gasteiger partial charge in [-0.05, 0) is 68.0 Å². The van der Waals surface area contributed by atoms with E-state index in [4.69, 9.17) is 33.2 Å². The van der Waals surface area contributed by atoms with E-state index in [1.807, 2.05) is 25.9 Å². The Balaban J connectivity index is 1.86. The number of nitrogens with zero attached hydrogens (tertiary/aromatic N) is 1. The van der Waals surface area contributed by atoms with Crippen molar-refractivity contribution in [2.24, 2.45) is 23.7 Å². The topological polar surface area (TPSA) is 203 Å². The number of hydrogen-bond donors (Lipinski definition) is 5. The van der Waals surface area contributed by atoms with E-state index in [1.54, 1.807) is 34.6 Å². The molecule has 4 aliphatic rings. The van der Waals surface area contributed by atoms with E-state index in [0.29, 0.717) is 6.42 Å². The van der Waals surface area contributed by atoms with Crippen molar-refractivity contribution in [1.82, 2.24) is 4.90 Å². The van der Waals surface area contributed by atoms with Gasteiger partial charge in [-0.2, -0.15) is 0 Å². The van der Waals surface area contributed by atoms with Gasteiger partial charge in [0, 0.05) is 30.9 Å². The summed E-state index contributed by atoms with van der Waals surface area (Å²) in [5.74, 6) is -7.05. The number of aliphatic hydroxyl groups is 5. The van der Waals surface area contributed by atoms with E-state index in [9.17, 15) is 35.1 Å². The maximum absolute atomic E-state index is 14.2. The van der Waals surface area contributed by atoms with Gasteiger partial charge in [0.15, 0.2) is 6.29 Å². The third-order valence-corrected chi connectivity index (χ3v) is 12.1. The third-order valence-electron chi connectivity index (χ3n) is 12.1. The van der Waals surface area contributed by atoms with Crippen LogP contribution in [0.4, 0.5) is 0 Å². The summed E-state index contributed by atoms with van der Waals surface area (Å²) < 4.78 is 43.5. The highest BCUT2D eigenvalue weighted by atomic mass is 16.9. The van der Waals surface area contributed by atoms with Crippen molar-refractivity contribution in [3.8, 4) is 0 Å². The molecule has 4 aliphatic heterocycles. The molecule has 0 unspecified atom stereocenters. The predicted octanol–water partition coefficient (Wildman–Crippen LogP) is 1.12. The van der Waals surface area contributed by atoms with Gasteiger partial charge in [-0.15, -0.1) is 0 Å². The molecule has 0 bridgehead atoms. The predicted molar refractivity (Wildman–Crippen MR) is 185 cm³/mol. The molecule has 15 heteroatoms. The molecule has 0 amide bonds. The lowest BCUT2D eigenvalue weighted by Crippen LogP contribution is -2.67. The molecular formula is C37H65NO14. The molecule has 5 N–H and O–H groups in total. The molecule has 4 fully saturated rings. The lowest BCUT2D eigenvalue weighted by Gasteiger charge is -2.55. The smallest absolute Gasteiger partial charge is 0.314 e. The van der Waals surface area contributed by atoms with Crippen LogP contribution in [0.25, 0.3) is 0 Å². The number of hydrogen-bond acceptors (Lipinski definition) is 15. The van der Waals surface area contributed by atoms with E-state index in [0.717, 1.165) is 0 Å². The fourth-order valence-corrected chi connectivity index (χ4v) is 8.87. The summed E-state index contributed by atoms with van der Waals surface area (Å²) in [5, 5.41) is 57.9. The van der Waals surface area contributed by atoms with Gasteiger partial charge in [-0.25, -0.2) is 0 Å². The maximum atomic E-state index is 14.2. The second kappa shape index (κ2) is 16.0. The highest BCUT2D eigenvalue weighted by Crippen LogP contribution is 2.47. The Hall–Kier alpha value is -1.34. The normalized spacial score (nSPS) is 51.5. The van der Waals surface area contributed by atoms with Crippen LogP contribution in [-0.2, 0) is 42.7 Å². The molecule has 4 saturated heterocycles. The Labute approximate surface area is 308 Å². The third kappa shape index (κ3) is 8.41. The number of fused-ring (bicyclic) bond motifs is 1. The molecule has 0 aromatic carbocycles. The Morgan fingerprint density at radius 1 is 0.962 bits per heavy atom. The van der Waals surface area contributed by atoms with E-state index >= 15 is 0 Å². The lowest BCUT2D eigenvalue weighted by molar-refractivity contribution is -0.474. The van der Waals surface area contributed by atoms with E-state index < -0.39 is 107 Å². The number of aliphatic hydroxyl groups excluding tert-OH is 3. The standard InChI is InChI=1S/C37H65NO14/c1-13-25-36(9,45)29(41)20(4)26(39)18(2)15-34(7,44)31(50-33-27(40)24(38(10)11)14-19(3)48-33)21(5)28-23(32(43)49-25)16-47-37(52-28)17-35(8,46-12)30(42)22(6)51-37/h18-25,27-31,33,40-42,44-45H,13-17H2,1-12H3/t18-,19+,20-,21+,22-,23+,24-,25-,27-,28+,29+,30+,31-,33-,34+,35-,36-,37-/m0/s1. The van der Waals surface area contributed by atoms with Crippen molar-refractivity contribution in [3.05, 3.63) is 0 Å². The SMILES string of the molecule is CC[C@@H]1OC(=O)[C@@H]2CO[C@]3(C[C@](C)(OC)[C@H](O)[C@H](C)O3)O[C@@H]2[C@@H](C)[C@H](O[C@@H]2O[C@H](C)C[C@H](N(C)C)[C@@H]2O)[C@](C)(O)C[C@H](C)C(=O)[C@H](C)[C@@H](O)[C@@]1(C)O. The Morgan fingerprint density at radius 3 is 2.17 bits per heavy atom. The van der Waals surface area contributed by atoms with E-state index in [-0.39, 0.29) is 38.0 Å². The number of rotatable bonds is 5. The molecule has 18 atom stereocenters. The summed E-state index contributed by atoms with van der Waals surface area (Å²) in [7, 11) is 5.14. The van der Waals surface area contributed by atoms with Crippen LogP contribution in [-0.4, -0.2) is 154 Å². The fourth-order valence-electron chi connectivity index (χ4n) is 8.87. The first kappa shape index (κ1) is 43.4. The molecule has 0 radical (unpaired) electrons. The van der Waals surface area contributed by atoms with Crippen LogP contribution < -0.4 is 0 Å². The summed E-state index contributed by atoms with van der Waals surface area (Å²) in [6.07, 6.45) is -9.39. The first-order valence-electron chi connectivity index (χ1n) is 18.7. The van der Waals surface area contributed by atoms with Crippen molar-refractivity contribution < 1.29 is 68.3 Å². The number of Topliss-reactive ketones (excluding diaryl/α,β-unsaturated/α-hetero) is 1. The zero-order chi connectivity index (χ0) is 39.3. The first-order valence-corrected chi connectivity index (χ1v) is 18.7. The summed E-state index contributed by atoms with van der Waals surface area (Å²) in [6, 6.07) is -0.338. The van der Waals surface area contributed by atoms with Crippen molar-refractivity contribution in [3.63, 3.8) is 0 Å². The summed E-state index contributed by atoms with van der Waals surface area (Å²) in [4.78, 5) is 30.0. The molecule has 15 nitrogen and oxygen atoms in total. The van der Waals surface area contributed by atoms with Gasteiger partial charge in [0.1, 0.15) is 41.2 Å². The molecule has 4 heterocycles. The zero-order valence-corrected chi connectivity index (χ0v) is 33.0. The van der Waals surface area contributed by atoms with Crippen LogP contribution in [0.3, 0.4) is 0 Å². The molecule has 0 aromatic heterocycles. The molecule has 302 valence electrons. The molecule has 0 saturated carbocycles. The monoisotopic (exact) mass is 747 g/mol. The lowest BCUT2D eigenvalue weighted by atomic mass is 9.73. The average Bonchev–Trinajstić information content (AvgIpc) is 3.07. The number of methoxy groups -OCH3 is 1. The Kier molecular flexibility index (Phi) is 13.4. The van der Waals surface area contributed by atoms with Crippen LogP contribution in [0.2, 0.25) is 0 Å². The van der Waals surface area contributed by atoms with E-state index in [2.05, 4.69) is 0 Å². The first-order chi connectivity index (χ1) is 23.9. The van der Waals surface area contributed by atoms with Crippen molar-refractivity contribution in [1.29, 1.82) is 0 Å². The number of esters is 1. The van der Waals surface area contributed by atoms with Crippen LogP contribution in [0.15, 0.2) is 0 Å². The molecule has 0 aliphatic carbocycles. The highest BCUT2D eigenvalue weighted by Gasteiger charge is 2.61. The summed E-state index contributed by atoms with van der Waals surface area (Å²) in [6.45, 7) is 14.3. The number of ether oxygens (including phenoxy) is 7. The largest absolute Gasteiger partial charge is 0.459 e. The van der Waals surface area contributed by atoms with Gasteiger partial charge >= 0.3 is 5.97 Å². The van der Waals surface area contributed by atoms with E-state index in [1.165, 1.54) is 27.9 Å². The number of carbonyl (C=O) groups excluding carboxylic acids is 2. The van der Waals surface area contributed by atoms with Gasteiger partial charge in [-0.3, -0.25) is 9.59 Å². The van der Waals surface area contributed by atoms with Crippen LogP contribution in [0.1, 0.15) is 88.0 Å². The Bertz CT molecular complexity index is 1250. The minimum absolute atomic E-state index is 0.0939. The minimum atomic E-state index is -2.03. The maximum Gasteiger partial charge on any atom is 0.314 e. The molecule has 52 heavy (non-hydrogen) atoms. The van der Waals surface area contributed by atoms with Crippen LogP contribution in [0, 0.1) is 23.7 Å². The Morgan fingerprint density at radius 2 is 1.60 bits per heavy atom. The second-order valence-corrected chi connectivity index (χ2v) is 16.8. The van der Waals surface area contributed by atoms with Crippen molar-refractivity contribution in [2.45, 2.75) is 172 Å². The number of ketones is 1. The average molecular weight is 748 g/mol. The molecule has 4 rings (SSSR count). The van der Waals surface area contributed by atoms with Crippen molar-refractivity contribution >= 4 is 11.8 Å². The molecule has 1 spiro atoms.